The number of nitrogens with one attached hydrogen (secondary N) is 1. The molecule has 1 N–H and O–H groups in total. The summed E-state index contributed by atoms with van der Waals surface area (Å²) in [4.78, 5) is 16.0. The second kappa shape index (κ2) is 7.17. The van der Waals surface area contributed by atoms with E-state index < -0.39 is 12.5 Å². The van der Waals surface area contributed by atoms with Crippen LogP contribution in [0.15, 0.2) is 30.9 Å². The number of rotatable bonds is 6. The molecule has 22 heavy (non-hydrogen) atoms. The third-order valence-electron chi connectivity index (χ3n) is 2.71. The van der Waals surface area contributed by atoms with Crippen molar-refractivity contribution >= 4 is 17.5 Å². The monoisotopic (exact) mass is 330 g/mol. The highest BCUT2D eigenvalue weighted by molar-refractivity contribution is 6.31. The summed E-state index contributed by atoms with van der Waals surface area (Å²) >= 11 is 5.80. The molecule has 0 radical (unpaired) electrons. The Morgan fingerprint density at radius 1 is 1.50 bits per heavy atom. The Balaban J connectivity index is 2.09. The minimum atomic E-state index is -3.03. The van der Waals surface area contributed by atoms with Gasteiger partial charge in [0.25, 0.3) is 5.91 Å². The molecule has 118 valence electrons. The second-order valence-corrected chi connectivity index (χ2v) is 4.95. The number of nitrogens with zero attached hydrogens (tertiary/aromatic N) is 3. The van der Waals surface area contributed by atoms with Gasteiger partial charge >= 0.3 is 6.61 Å². The maximum Gasteiger partial charge on any atom is 0.387 e. The molecule has 1 amide bonds. The van der Waals surface area contributed by atoms with E-state index in [1.807, 2.05) is 0 Å². The van der Waals surface area contributed by atoms with E-state index in [4.69, 9.17) is 11.6 Å². The Bertz CT molecular complexity index is 637. The molecule has 0 aliphatic heterocycles. The predicted octanol–water partition coefficient (Wildman–Crippen LogP) is 2.35. The van der Waals surface area contributed by atoms with Crippen LogP contribution in [-0.4, -0.2) is 33.3 Å². The van der Waals surface area contributed by atoms with Gasteiger partial charge in [-0.2, -0.15) is 13.9 Å². The van der Waals surface area contributed by atoms with Gasteiger partial charge in [-0.3, -0.25) is 9.48 Å². The standard InChI is InChI=1S/C13H13ClF2N4O2/c1-8(5-20-7-17-6-18-20)19-12(21)10-4-9(14)2-3-11(10)22-13(15)16/h2-4,6-8,13H,5H2,1H3,(H,19,21). The average Bonchev–Trinajstić information content (AvgIpc) is 2.92. The molecule has 0 fully saturated rings. The molecule has 0 spiro atoms. The van der Waals surface area contributed by atoms with Crippen LogP contribution in [0.2, 0.25) is 5.02 Å². The van der Waals surface area contributed by atoms with Gasteiger partial charge in [-0.25, -0.2) is 4.98 Å². The number of carbonyl (C=O) groups is 1. The summed E-state index contributed by atoms with van der Waals surface area (Å²) in [5.41, 5.74) is -0.0572. The molecule has 9 heteroatoms. The maximum absolute atomic E-state index is 12.4. The van der Waals surface area contributed by atoms with E-state index in [2.05, 4.69) is 20.1 Å². The van der Waals surface area contributed by atoms with Crippen LogP contribution in [0.25, 0.3) is 0 Å². The second-order valence-electron chi connectivity index (χ2n) is 4.51. The van der Waals surface area contributed by atoms with Gasteiger partial charge in [-0.1, -0.05) is 11.6 Å². The number of benzene rings is 1. The minimum absolute atomic E-state index is 0.0572. The van der Waals surface area contributed by atoms with Gasteiger partial charge in [0, 0.05) is 11.1 Å². The zero-order valence-electron chi connectivity index (χ0n) is 11.5. The molecule has 2 rings (SSSR count). The summed E-state index contributed by atoms with van der Waals surface area (Å²) in [6.07, 6.45) is 2.88. The Morgan fingerprint density at radius 2 is 2.27 bits per heavy atom. The van der Waals surface area contributed by atoms with Crippen molar-refractivity contribution in [3.05, 3.63) is 41.4 Å². The van der Waals surface area contributed by atoms with Crippen LogP contribution in [0, 0.1) is 0 Å². The molecule has 1 aromatic heterocycles. The van der Waals surface area contributed by atoms with E-state index in [0.29, 0.717) is 6.54 Å². The quantitative estimate of drug-likeness (QED) is 0.882. The molecule has 0 saturated heterocycles. The first-order chi connectivity index (χ1) is 10.5. The fraction of sp³-hybridized carbons (Fsp3) is 0.308. The normalized spacial score (nSPS) is 12.2. The molecule has 1 atom stereocenters. The number of ether oxygens (including phenoxy) is 1. The van der Waals surface area contributed by atoms with Crippen molar-refractivity contribution in [1.29, 1.82) is 0 Å². The molecule has 1 unspecified atom stereocenters. The van der Waals surface area contributed by atoms with E-state index in [9.17, 15) is 13.6 Å². The number of hydrogen-bond donors (Lipinski definition) is 1. The lowest BCUT2D eigenvalue weighted by Crippen LogP contribution is -2.36. The van der Waals surface area contributed by atoms with Gasteiger partial charge < -0.3 is 10.1 Å². The molecular formula is C13H13ClF2N4O2. The van der Waals surface area contributed by atoms with Crippen LogP contribution in [0.5, 0.6) is 5.75 Å². The highest BCUT2D eigenvalue weighted by atomic mass is 35.5. The van der Waals surface area contributed by atoms with Gasteiger partial charge in [-0.15, -0.1) is 0 Å². The Hall–Kier alpha value is -2.22. The number of aromatic nitrogens is 3. The zero-order chi connectivity index (χ0) is 16.1. The van der Waals surface area contributed by atoms with Crippen molar-refractivity contribution in [2.24, 2.45) is 0 Å². The fourth-order valence-corrected chi connectivity index (χ4v) is 2.01. The summed E-state index contributed by atoms with van der Waals surface area (Å²) < 4.78 is 30.6. The molecule has 1 aromatic carbocycles. The van der Waals surface area contributed by atoms with Crippen LogP contribution in [-0.2, 0) is 6.54 Å². The molecule has 6 nitrogen and oxygen atoms in total. The SMILES string of the molecule is CC(Cn1cncn1)NC(=O)c1cc(Cl)ccc1OC(F)F. The molecule has 1 heterocycles. The van der Waals surface area contributed by atoms with Crippen molar-refractivity contribution < 1.29 is 18.3 Å². The van der Waals surface area contributed by atoms with E-state index in [1.165, 1.54) is 30.9 Å². The lowest BCUT2D eigenvalue weighted by molar-refractivity contribution is -0.0501. The maximum atomic E-state index is 12.4. The lowest BCUT2D eigenvalue weighted by atomic mass is 10.1. The summed E-state index contributed by atoms with van der Waals surface area (Å²) in [5.74, 6) is -0.796. The molecule has 0 saturated carbocycles. The minimum Gasteiger partial charge on any atom is -0.434 e. The fourth-order valence-electron chi connectivity index (χ4n) is 1.83. The van der Waals surface area contributed by atoms with E-state index in [1.54, 1.807) is 11.6 Å². The summed E-state index contributed by atoms with van der Waals surface area (Å²) in [6.45, 7) is -0.893. The summed E-state index contributed by atoms with van der Waals surface area (Å²) in [5, 5.41) is 6.83. The summed E-state index contributed by atoms with van der Waals surface area (Å²) in [7, 11) is 0. The highest BCUT2D eigenvalue weighted by Gasteiger charge is 2.18. The van der Waals surface area contributed by atoms with Gasteiger partial charge in [-0.05, 0) is 25.1 Å². The topological polar surface area (TPSA) is 69.0 Å². The Kier molecular flexibility index (Phi) is 5.26. The Labute approximate surface area is 130 Å². The number of hydrogen-bond acceptors (Lipinski definition) is 4. The highest BCUT2D eigenvalue weighted by Crippen LogP contribution is 2.24. The van der Waals surface area contributed by atoms with Crippen molar-refractivity contribution in [3.63, 3.8) is 0 Å². The number of carbonyl (C=O) groups excluding carboxylic acids is 1. The van der Waals surface area contributed by atoms with Crippen LogP contribution >= 0.6 is 11.6 Å². The largest absolute Gasteiger partial charge is 0.434 e. The van der Waals surface area contributed by atoms with E-state index in [-0.39, 0.29) is 22.4 Å². The molecule has 2 aromatic rings. The van der Waals surface area contributed by atoms with E-state index in [0.717, 1.165) is 0 Å². The predicted molar refractivity (Wildman–Crippen MR) is 75.0 cm³/mol. The first kappa shape index (κ1) is 16.2. The van der Waals surface area contributed by atoms with Crippen LogP contribution in [0.3, 0.4) is 0 Å². The Morgan fingerprint density at radius 3 is 2.91 bits per heavy atom. The van der Waals surface area contributed by atoms with Gasteiger partial charge in [0.05, 0.1) is 12.1 Å². The third kappa shape index (κ3) is 4.39. The lowest BCUT2D eigenvalue weighted by Gasteiger charge is -2.16. The van der Waals surface area contributed by atoms with Gasteiger partial charge in [0.1, 0.15) is 18.4 Å². The van der Waals surface area contributed by atoms with Crippen molar-refractivity contribution in [1.82, 2.24) is 20.1 Å². The molecular weight excluding hydrogens is 318 g/mol. The molecule has 0 aliphatic rings. The summed E-state index contributed by atoms with van der Waals surface area (Å²) in [6, 6.07) is 3.57. The van der Waals surface area contributed by atoms with Crippen molar-refractivity contribution in [2.45, 2.75) is 26.1 Å². The molecule has 0 aliphatic carbocycles. The first-order valence-electron chi connectivity index (χ1n) is 6.33. The van der Waals surface area contributed by atoms with Crippen molar-refractivity contribution in [2.75, 3.05) is 0 Å². The third-order valence-corrected chi connectivity index (χ3v) is 2.94. The van der Waals surface area contributed by atoms with Gasteiger partial charge in [0.15, 0.2) is 0 Å². The van der Waals surface area contributed by atoms with Crippen LogP contribution < -0.4 is 10.1 Å². The van der Waals surface area contributed by atoms with E-state index >= 15 is 0 Å². The number of amides is 1. The molecule has 0 bridgehead atoms. The average molecular weight is 331 g/mol. The smallest absolute Gasteiger partial charge is 0.387 e. The number of alkyl halides is 2. The van der Waals surface area contributed by atoms with Gasteiger partial charge in [0.2, 0.25) is 0 Å². The first-order valence-corrected chi connectivity index (χ1v) is 6.71. The van der Waals surface area contributed by atoms with Crippen LogP contribution in [0.1, 0.15) is 17.3 Å². The number of halogens is 3. The van der Waals surface area contributed by atoms with Crippen molar-refractivity contribution in [3.8, 4) is 5.75 Å². The van der Waals surface area contributed by atoms with Crippen LogP contribution in [0.4, 0.5) is 8.78 Å². The zero-order valence-corrected chi connectivity index (χ0v) is 12.3.